The molecule has 0 N–H and O–H groups in total. The molecule has 0 atom stereocenters. The van der Waals surface area contributed by atoms with Crippen LogP contribution >= 0.6 is 0 Å². The number of aryl methyl sites for hydroxylation is 1. The SMILES string of the molecule is CCN(Cc1ccc(OC)c(OC)c1)C(=O)Cn1nc2n(c1=O)CCCCC2. The molecule has 0 saturated heterocycles. The largest absolute Gasteiger partial charge is 0.493 e. The Bertz CT molecular complexity index is 887. The van der Waals surface area contributed by atoms with Crippen LogP contribution in [0.5, 0.6) is 11.5 Å². The second-order valence-electron chi connectivity index (χ2n) is 6.92. The fourth-order valence-corrected chi connectivity index (χ4v) is 3.53. The second-order valence-corrected chi connectivity index (χ2v) is 6.92. The van der Waals surface area contributed by atoms with Crippen LogP contribution in [0.3, 0.4) is 0 Å². The van der Waals surface area contributed by atoms with Crippen molar-refractivity contribution < 1.29 is 14.3 Å². The summed E-state index contributed by atoms with van der Waals surface area (Å²) in [7, 11) is 3.17. The molecule has 3 rings (SSSR count). The number of amides is 1. The highest BCUT2D eigenvalue weighted by atomic mass is 16.5. The van der Waals surface area contributed by atoms with Crippen LogP contribution in [-0.2, 0) is 30.8 Å². The molecule has 1 aromatic carbocycles. The first-order valence-corrected chi connectivity index (χ1v) is 9.72. The molecule has 0 spiro atoms. The molecule has 0 fully saturated rings. The zero-order valence-corrected chi connectivity index (χ0v) is 16.8. The average molecular weight is 388 g/mol. The molecule has 0 saturated carbocycles. The molecule has 1 aromatic heterocycles. The van der Waals surface area contributed by atoms with Crippen LogP contribution < -0.4 is 15.2 Å². The zero-order chi connectivity index (χ0) is 20.1. The van der Waals surface area contributed by atoms with Crippen molar-refractivity contribution in [3.05, 3.63) is 40.1 Å². The molecule has 152 valence electrons. The summed E-state index contributed by atoms with van der Waals surface area (Å²) >= 11 is 0. The first-order chi connectivity index (χ1) is 13.6. The molecule has 0 unspecified atom stereocenters. The number of likely N-dealkylation sites (N-methyl/N-ethyl adjacent to an activating group) is 1. The third kappa shape index (κ3) is 4.21. The molecular weight excluding hydrogens is 360 g/mol. The fourth-order valence-electron chi connectivity index (χ4n) is 3.53. The van der Waals surface area contributed by atoms with Gasteiger partial charge in [-0.1, -0.05) is 12.5 Å². The zero-order valence-electron chi connectivity index (χ0n) is 16.8. The normalized spacial score (nSPS) is 13.5. The van der Waals surface area contributed by atoms with Gasteiger partial charge in [-0.3, -0.25) is 9.36 Å². The Labute approximate surface area is 164 Å². The van der Waals surface area contributed by atoms with E-state index in [1.807, 2.05) is 25.1 Å². The molecule has 0 radical (unpaired) electrons. The topological polar surface area (TPSA) is 78.6 Å². The Morgan fingerprint density at radius 3 is 2.68 bits per heavy atom. The molecule has 2 aromatic rings. The predicted octanol–water partition coefficient (Wildman–Crippen LogP) is 1.84. The van der Waals surface area contributed by atoms with Crippen LogP contribution in [-0.4, -0.2) is 45.9 Å². The Balaban J connectivity index is 1.73. The third-order valence-electron chi connectivity index (χ3n) is 5.12. The van der Waals surface area contributed by atoms with Gasteiger partial charge in [-0.2, -0.15) is 5.10 Å². The summed E-state index contributed by atoms with van der Waals surface area (Å²) in [5, 5.41) is 4.41. The summed E-state index contributed by atoms with van der Waals surface area (Å²) in [6, 6.07) is 5.59. The van der Waals surface area contributed by atoms with Crippen molar-refractivity contribution in [2.24, 2.45) is 0 Å². The minimum absolute atomic E-state index is 0.0417. The van der Waals surface area contributed by atoms with Gasteiger partial charge in [0, 0.05) is 26.1 Å². The first-order valence-electron chi connectivity index (χ1n) is 9.72. The van der Waals surface area contributed by atoms with Gasteiger partial charge >= 0.3 is 5.69 Å². The van der Waals surface area contributed by atoms with E-state index in [9.17, 15) is 9.59 Å². The van der Waals surface area contributed by atoms with Gasteiger partial charge in [0.2, 0.25) is 5.91 Å². The number of ether oxygens (including phenoxy) is 2. The molecule has 1 aliphatic rings. The molecule has 0 bridgehead atoms. The van der Waals surface area contributed by atoms with Gasteiger partial charge in [0.1, 0.15) is 12.4 Å². The van der Waals surface area contributed by atoms with Gasteiger partial charge in [0.15, 0.2) is 11.5 Å². The molecule has 8 nitrogen and oxygen atoms in total. The highest BCUT2D eigenvalue weighted by molar-refractivity contribution is 5.75. The monoisotopic (exact) mass is 388 g/mol. The van der Waals surface area contributed by atoms with Crippen molar-refractivity contribution >= 4 is 5.91 Å². The number of hydrogen-bond donors (Lipinski definition) is 0. The summed E-state index contributed by atoms with van der Waals surface area (Å²) in [4.78, 5) is 27.1. The van der Waals surface area contributed by atoms with E-state index in [2.05, 4.69) is 5.10 Å². The van der Waals surface area contributed by atoms with E-state index in [0.29, 0.717) is 31.1 Å². The Kier molecular flexibility index (Phi) is 6.38. The summed E-state index contributed by atoms with van der Waals surface area (Å²) in [5.41, 5.74) is 0.744. The molecule has 0 aliphatic carbocycles. The quantitative estimate of drug-likeness (QED) is 0.723. The van der Waals surface area contributed by atoms with Crippen LogP contribution in [0, 0.1) is 0 Å². The van der Waals surface area contributed by atoms with Gasteiger partial charge in [-0.15, -0.1) is 0 Å². The summed E-state index contributed by atoms with van der Waals surface area (Å²) in [5.74, 6) is 1.93. The standard InChI is InChI=1S/C20H28N4O4/c1-4-22(13-15-9-10-16(27-2)17(12-15)28-3)19(25)14-24-20(26)23-11-7-5-6-8-18(23)21-24/h9-10,12H,4-8,11,13-14H2,1-3H3. The lowest BCUT2D eigenvalue weighted by atomic mass is 10.2. The number of nitrogens with zero attached hydrogens (tertiary/aromatic N) is 4. The van der Waals surface area contributed by atoms with Crippen molar-refractivity contribution in [3.8, 4) is 11.5 Å². The summed E-state index contributed by atoms with van der Waals surface area (Å²) in [6.07, 6.45) is 3.91. The van der Waals surface area contributed by atoms with E-state index in [-0.39, 0.29) is 18.1 Å². The molecule has 2 heterocycles. The van der Waals surface area contributed by atoms with Crippen molar-refractivity contribution in [1.29, 1.82) is 0 Å². The van der Waals surface area contributed by atoms with Crippen molar-refractivity contribution in [2.45, 2.75) is 52.2 Å². The number of methoxy groups -OCH3 is 2. The van der Waals surface area contributed by atoms with Crippen molar-refractivity contribution in [1.82, 2.24) is 19.2 Å². The molecular formula is C20H28N4O4. The van der Waals surface area contributed by atoms with Gasteiger partial charge in [-0.25, -0.2) is 9.48 Å². The molecule has 28 heavy (non-hydrogen) atoms. The Morgan fingerprint density at radius 2 is 1.96 bits per heavy atom. The van der Waals surface area contributed by atoms with Crippen LogP contribution in [0.4, 0.5) is 0 Å². The maximum atomic E-state index is 12.8. The minimum atomic E-state index is -0.188. The summed E-state index contributed by atoms with van der Waals surface area (Å²) < 4.78 is 13.6. The van der Waals surface area contributed by atoms with E-state index in [1.165, 1.54) is 4.68 Å². The molecule has 1 aliphatic heterocycles. The van der Waals surface area contributed by atoms with Gasteiger partial charge in [-0.05, 0) is 37.5 Å². The number of fused-ring (bicyclic) bond motifs is 1. The highest BCUT2D eigenvalue weighted by Crippen LogP contribution is 2.28. The van der Waals surface area contributed by atoms with Gasteiger partial charge in [0.05, 0.1) is 14.2 Å². The van der Waals surface area contributed by atoms with Crippen molar-refractivity contribution in [3.63, 3.8) is 0 Å². The van der Waals surface area contributed by atoms with Gasteiger partial charge < -0.3 is 14.4 Å². The number of hydrogen-bond acceptors (Lipinski definition) is 5. The van der Waals surface area contributed by atoms with Crippen LogP contribution in [0.15, 0.2) is 23.0 Å². The lowest BCUT2D eigenvalue weighted by molar-refractivity contribution is -0.132. The van der Waals surface area contributed by atoms with E-state index < -0.39 is 0 Å². The first kappa shape index (κ1) is 20.0. The predicted molar refractivity (Wildman–Crippen MR) is 105 cm³/mol. The van der Waals surface area contributed by atoms with E-state index in [4.69, 9.17) is 9.47 Å². The lowest BCUT2D eigenvalue weighted by Crippen LogP contribution is -2.37. The van der Waals surface area contributed by atoms with E-state index >= 15 is 0 Å². The highest BCUT2D eigenvalue weighted by Gasteiger charge is 2.20. The Hall–Kier alpha value is -2.77. The van der Waals surface area contributed by atoms with Gasteiger partial charge in [0.25, 0.3) is 0 Å². The number of carbonyl (C=O) groups excluding carboxylic acids is 1. The minimum Gasteiger partial charge on any atom is -0.493 e. The van der Waals surface area contributed by atoms with E-state index in [1.54, 1.807) is 23.7 Å². The molecule has 1 amide bonds. The second kappa shape index (κ2) is 8.95. The fraction of sp³-hybridized carbons (Fsp3) is 0.550. The maximum absolute atomic E-state index is 12.8. The lowest BCUT2D eigenvalue weighted by Gasteiger charge is -2.21. The van der Waals surface area contributed by atoms with Crippen LogP contribution in [0.25, 0.3) is 0 Å². The number of rotatable bonds is 7. The van der Waals surface area contributed by atoms with E-state index in [0.717, 1.165) is 37.1 Å². The van der Waals surface area contributed by atoms with Crippen molar-refractivity contribution in [2.75, 3.05) is 20.8 Å². The summed E-state index contributed by atoms with van der Waals surface area (Å²) in [6.45, 7) is 3.53. The van der Waals surface area contributed by atoms with Crippen LogP contribution in [0.1, 0.15) is 37.6 Å². The number of aromatic nitrogens is 3. The number of carbonyl (C=O) groups is 1. The third-order valence-corrected chi connectivity index (χ3v) is 5.12. The average Bonchev–Trinajstić information content (AvgIpc) is 2.87. The van der Waals surface area contributed by atoms with Crippen LogP contribution in [0.2, 0.25) is 0 Å². The maximum Gasteiger partial charge on any atom is 0.346 e. The number of benzene rings is 1. The molecule has 8 heteroatoms. The Morgan fingerprint density at radius 1 is 1.18 bits per heavy atom. The smallest absolute Gasteiger partial charge is 0.346 e.